The van der Waals surface area contributed by atoms with E-state index < -0.39 is 0 Å². The molecule has 0 unspecified atom stereocenters. The van der Waals surface area contributed by atoms with E-state index in [-0.39, 0.29) is 5.91 Å². The number of aliphatic imine (C=N–C) groups is 1. The Bertz CT molecular complexity index is 632. The van der Waals surface area contributed by atoms with E-state index in [2.05, 4.69) is 39.3 Å². The van der Waals surface area contributed by atoms with Gasteiger partial charge in [0.1, 0.15) is 0 Å². The first kappa shape index (κ1) is 20.1. The fraction of sp³-hybridized carbons (Fsp3) is 0.737. The summed E-state index contributed by atoms with van der Waals surface area (Å²) in [6.45, 7) is 11.7. The largest absolute Gasteiger partial charge is 0.357 e. The van der Waals surface area contributed by atoms with Crippen molar-refractivity contribution in [3.05, 3.63) is 16.1 Å². The van der Waals surface area contributed by atoms with Gasteiger partial charge in [-0.2, -0.15) is 0 Å². The summed E-state index contributed by atoms with van der Waals surface area (Å²) in [4.78, 5) is 28.3. The summed E-state index contributed by atoms with van der Waals surface area (Å²) in [5, 5.41) is 6.67. The summed E-state index contributed by atoms with van der Waals surface area (Å²) < 4.78 is 0. The van der Waals surface area contributed by atoms with Gasteiger partial charge in [-0.05, 0) is 26.2 Å². The first-order valence-electron chi connectivity index (χ1n) is 10.2. The van der Waals surface area contributed by atoms with Crippen LogP contribution in [0, 0.1) is 0 Å². The highest BCUT2D eigenvalue weighted by Gasteiger charge is 2.24. The van der Waals surface area contributed by atoms with E-state index in [9.17, 15) is 4.79 Å². The Morgan fingerprint density at radius 2 is 1.89 bits per heavy atom. The number of hydrogen-bond donors (Lipinski definition) is 1. The number of carbonyl (C=O) groups is 1. The highest BCUT2D eigenvalue weighted by molar-refractivity contribution is 7.09. The molecule has 8 heteroatoms. The van der Waals surface area contributed by atoms with E-state index in [1.807, 2.05) is 4.90 Å². The van der Waals surface area contributed by atoms with Crippen LogP contribution in [0.15, 0.2) is 10.4 Å². The van der Waals surface area contributed by atoms with Gasteiger partial charge in [-0.3, -0.25) is 9.69 Å². The van der Waals surface area contributed by atoms with E-state index in [1.165, 1.54) is 5.01 Å². The zero-order chi connectivity index (χ0) is 19.1. The highest BCUT2D eigenvalue weighted by atomic mass is 32.1. The number of thiazole rings is 1. The number of hydrogen-bond acceptors (Lipinski definition) is 5. The van der Waals surface area contributed by atoms with Crippen LogP contribution in [-0.4, -0.2) is 83.9 Å². The monoisotopic (exact) mass is 392 g/mol. The average molecular weight is 393 g/mol. The lowest BCUT2D eigenvalue weighted by Gasteiger charge is -2.36. The van der Waals surface area contributed by atoms with Crippen LogP contribution in [0.5, 0.6) is 0 Å². The third kappa shape index (κ3) is 5.65. The number of aryl methyl sites for hydroxylation is 1. The molecule has 2 aliphatic rings. The summed E-state index contributed by atoms with van der Waals surface area (Å²) in [6.07, 6.45) is 3.29. The van der Waals surface area contributed by atoms with Crippen molar-refractivity contribution in [2.75, 3.05) is 52.4 Å². The van der Waals surface area contributed by atoms with Crippen LogP contribution in [0.1, 0.15) is 37.4 Å². The van der Waals surface area contributed by atoms with Crippen LogP contribution in [0.2, 0.25) is 0 Å². The summed E-state index contributed by atoms with van der Waals surface area (Å²) >= 11 is 1.71. The zero-order valence-electron chi connectivity index (χ0n) is 16.6. The number of carbonyl (C=O) groups excluding carboxylic acids is 1. The van der Waals surface area contributed by atoms with Crippen LogP contribution in [0.4, 0.5) is 0 Å². The zero-order valence-corrected chi connectivity index (χ0v) is 17.4. The van der Waals surface area contributed by atoms with E-state index in [1.54, 1.807) is 11.3 Å². The maximum absolute atomic E-state index is 12.3. The van der Waals surface area contributed by atoms with Gasteiger partial charge in [-0.1, -0.05) is 6.92 Å². The van der Waals surface area contributed by atoms with Crippen molar-refractivity contribution in [1.29, 1.82) is 0 Å². The first-order chi connectivity index (χ1) is 13.2. The Balaban J connectivity index is 1.50. The molecule has 1 amide bonds. The van der Waals surface area contributed by atoms with Gasteiger partial charge < -0.3 is 15.1 Å². The fourth-order valence-electron chi connectivity index (χ4n) is 3.54. The van der Waals surface area contributed by atoms with Gasteiger partial charge in [0.05, 0.1) is 23.8 Å². The van der Waals surface area contributed by atoms with E-state index in [0.717, 1.165) is 76.7 Å². The molecular formula is C19H32N6OS. The molecule has 0 bridgehead atoms. The molecule has 1 N–H and O–H groups in total. The number of piperazine rings is 1. The molecule has 2 saturated heterocycles. The van der Waals surface area contributed by atoms with Crippen molar-refractivity contribution in [2.24, 2.45) is 4.99 Å². The lowest BCUT2D eigenvalue weighted by molar-refractivity contribution is -0.131. The lowest BCUT2D eigenvalue weighted by Crippen LogP contribution is -2.54. The van der Waals surface area contributed by atoms with Crippen LogP contribution in [0.3, 0.4) is 0 Å². The molecule has 7 nitrogen and oxygen atoms in total. The molecule has 0 aliphatic carbocycles. The van der Waals surface area contributed by atoms with E-state index >= 15 is 0 Å². The van der Waals surface area contributed by atoms with Crippen molar-refractivity contribution in [3.63, 3.8) is 0 Å². The van der Waals surface area contributed by atoms with Crippen molar-refractivity contribution in [2.45, 2.75) is 39.7 Å². The molecule has 150 valence electrons. The van der Waals surface area contributed by atoms with Crippen LogP contribution in [0.25, 0.3) is 0 Å². The van der Waals surface area contributed by atoms with Gasteiger partial charge in [-0.15, -0.1) is 11.3 Å². The van der Waals surface area contributed by atoms with Crippen LogP contribution in [-0.2, 0) is 17.8 Å². The van der Waals surface area contributed by atoms with Crippen molar-refractivity contribution < 1.29 is 4.79 Å². The topological polar surface area (TPSA) is 64.1 Å². The lowest BCUT2D eigenvalue weighted by atomic mass is 10.3. The SMILES string of the molecule is CCNC(=NCc1csc(CC)n1)N1CCN(CC(=O)N2CCCC2)CC1. The fourth-order valence-corrected chi connectivity index (χ4v) is 4.28. The number of likely N-dealkylation sites (tertiary alicyclic amines) is 1. The number of nitrogens with zero attached hydrogens (tertiary/aromatic N) is 5. The van der Waals surface area contributed by atoms with Gasteiger partial charge in [0.15, 0.2) is 5.96 Å². The quantitative estimate of drug-likeness (QED) is 0.586. The number of nitrogens with one attached hydrogen (secondary N) is 1. The molecule has 3 rings (SSSR count). The molecule has 27 heavy (non-hydrogen) atoms. The standard InChI is InChI=1S/C19H32N6OS/c1-3-17-22-16(15-27-17)13-21-19(20-4-2)25-11-9-23(10-12-25)14-18(26)24-7-5-6-8-24/h15H,3-14H2,1-2H3,(H,20,21). The Morgan fingerprint density at radius 3 is 2.52 bits per heavy atom. The van der Waals surface area contributed by atoms with E-state index in [4.69, 9.17) is 4.99 Å². The molecule has 1 aromatic rings. The minimum absolute atomic E-state index is 0.289. The molecule has 2 aliphatic heterocycles. The van der Waals surface area contributed by atoms with Gasteiger partial charge >= 0.3 is 0 Å². The first-order valence-corrected chi connectivity index (χ1v) is 11.0. The van der Waals surface area contributed by atoms with Gasteiger partial charge in [0.2, 0.25) is 5.91 Å². The number of aromatic nitrogens is 1. The average Bonchev–Trinajstić information content (AvgIpc) is 3.37. The second-order valence-corrected chi connectivity index (χ2v) is 8.05. The second kappa shape index (κ2) is 10.0. The van der Waals surface area contributed by atoms with Gasteiger partial charge in [0, 0.05) is 51.2 Å². The van der Waals surface area contributed by atoms with Gasteiger partial charge in [-0.25, -0.2) is 9.98 Å². The van der Waals surface area contributed by atoms with Crippen molar-refractivity contribution >= 4 is 23.2 Å². The number of amides is 1. The third-order valence-corrected chi connectivity index (χ3v) is 6.16. The molecule has 0 saturated carbocycles. The Morgan fingerprint density at radius 1 is 1.15 bits per heavy atom. The summed E-state index contributed by atoms with van der Waals surface area (Å²) in [7, 11) is 0. The Hall–Kier alpha value is -1.67. The minimum atomic E-state index is 0.289. The maximum atomic E-state index is 12.3. The molecular weight excluding hydrogens is 360 g/mol. The van der Waals surface area contributed by atoms with Crippen LogP contribution < -0.4 is 5.32 Å². The van der Waals surface area contributed by atoms with Crippen molar-refractivity contribution in [3.8, 4) is 0 Å². The molecule has 0 spiro atoms. The smallest absolute Gasteiger partial charge is 0.236 e. The molecule has 0 aromatic carbocycles. The number of guanidine groups is 1. The van der Waals surface area contributed by atoms with Crippen LogP contribution >= 0.6 is 11.3 Å². The molecule has 0 atom stereocenters. The summed E-state index contributed by atoms with van der Waals surface area (Å²) in [5.41, 5.74) is 1.04. The molecule has 2 fully saturated rings. The molecule has 0 radical (unpaired) electrons. The molecule has 3 heterocycles. The normalized spacial score (nSPS) is 19.0. The Kier molecular flexibility index (Phi) is 7.46. The van der Waals surface area contributed by atoms with Gasteiger partial charge in [0.25, 0.3) is 0 Å². The Labute approximate surface area is 166 Å². The second-order valence-electron chi connectivity index (χ2n) is 7.11. The highest BCUT2D eigenvalue weighted by Crippen LogP contribution is 2.12. The predicted molar refractivity (Wildman–Crippen MR) is 110 cm³/mol. The summed E-state index contributed by atoms with van der Waals surface area (Å²) in [6, 6.07) is 0. The summed E-state index contributed by atoms with van der Waals surface area (Å²) in [5.74, 6) is 1.24. The number of rotatable bonds is 6. The predicted octanol–water partition coefficient (Wildman–Crippen LogP) is 1.41. The maximum Gasteiger partial charge on any atom is 0.236 e. The van der Waals surface area contributed by atoms with Crippen molar-refractivity contribution in [1.82, 2.24) is 25.0 Å². The third-order valence-electron chi connectivity index (χ3n) is 5.12. The molecule has 1 aromatic heterocycles. The minimum Gasteiger partial charge on any atom is -0.357 e. The van der Waals surface area contributed by atoms with E-state index in [0.29, 0.717) is 13.1 Å².